The number of ether oxygens (including phenoxy) is 1. The van der Waals surface area contributed by atoms with Crippen LogP contribution in [-0.4, -0.2) is 50.2 Å². The predicted octanol–water partition coefficient (Wildman–Crippen LogP) is 1.28. The fourth-order valence-electron chi connectivity index (χ4n) is 3.27. The molecule has 122 valence electrons. The van der Waals surface area contributed by atoms with Crippen LogP contribution in [0.2, 0.25) is 0 Å². The molecule has 4 rings (SSSR count). The first-order chi connectivity index (χ1) is 11.4. The minimum Gasteiger partial charge on any atom is -0.372 e. The zero-order chi connectivity index (χ0) is 15.5. The molecular formula is C16H22N6O. The van der Waals surface area contributed by atoms with Crippen molar-refractivity contribution in [3.05, 3.63) is 36.3 Å². The molecule has 7 heteroatoms. The van der Waals surface area contributed by atoms with Crippen molar-refractivity contribution < 1.29 is 4.74 Å². The van der Waals surface area contributed by atoms with Gasteiger partial charge in [0.1, 0.15) is 24.6 Å². The van der Waals surface area contributed by atoms with E-state index < -0.39 is 0 Å². The summed E-state index contributed by atoms with van der Waals surface area (Å²) in [5.74, 6) is 1.98. The average Bonchev–Trinajstić information content (AvgIpc) is 3.00. The largest absolute Gasteiger partial charge is 0.372 e. The summed E-state index contributed by atoms with van der Waals surface area (Å²) >= 11 is 0. The Morgan fingerprint density at radius 2 is 2.17 bits per heavy atom. The van der Waals surface area contributed by atoms with Crippen molar-refractivity contribution in [3.63, 3.8) is 0 Å². The maximum Gasteiger partial charge on any atom is 0.135 e. The molecule has 0 aromatic carbocycles. The van der Waals surface area contributed by atoms with Crippen LogP contribution in [0.1, 0.15) is 24.4 Å². The Bertz CT molecular complexity index is 612. The predicted molar refractivity (Wildman–Crippen MR) is 85.8 cm³/mol. The molecule has 2 aliphatic rings. The molecule has 0 spiro atoms. The van der Waals surface area contributed by atoms with E-state index in [1.54, 1.807) is 12.5 Å². The highest BCUT2D eigenvalue weighted by Crippen LogP contribution is 2.17. The number of anilines is 1. The SMILES string of the molecule is c1cc(NC2CCN(Cc3cn4c(n3)COCC4)CC2)ncn1. The number of rotatable bonds is 4. The normalized spacial score (nSPS) is 19.5. The van der Waals surface area contributed by atoms with Gasteiger partial charge in [0.2, 0.25) is 0 Å². The first-order valence-corrected chi connectivity index (χ1v) is 8.24. The first-order valence-electron chi connectivity index (χ1n) is 8.24. The molecule has 2 aromatic rings. The number of nitrogens with zero attached hydrogens (tertiary/aromatic N) is 5. The smallest absolute Gasteiger partial charge is 0.135 e. The monoisotopic (exact) mass is 314 g/mol. The Morgan fingerprint density at radius 1 is 1.26 bits per heavy atom. The fraction of sp³-hybridized carbons (Fsp3) is 0.562. The Balaban J connectivity index is 1.29. The van der Waals surface area contributed by atoms with Gasteiger partial charge in [-0.15, -0.1) is 0 Å². The van der Waals surface area contributed by atoms with Gasteiger partial charge in [0.25, 0.3) is 0 Å². The topological polar surface area (TPSA) is 68.1 Å². The Labute approximate surface area is 135 Å². The molecule has 1 saturated heterocycles. The second-order valence-electron chi connectivity index (χ2n) is 6.18. The second kappa shape index (κ2) is 6.64. The summed E-state index contributed by atoms with van der Waals surface area (Å²) in [6.45, 7) is 5.46. The molecule has 7 nitrogen and oxygen atoms in total. The highest BCUT2D eigenvalue weighted by Gasteiger charge is 2.21. The van der Waals surface area contributed by atoms with Crippen LogP contribution >= 0.6 is 0 Å². The summed E-state index contributed by atoms with van der Waals surface area (Å²) in [7, 11) is 0. The van der Waals surface area contributed by atoms with E-state index in [4.69, 9.17) is 9.72 Å². The van der Waals surface area contributed by atoms with Crippen molar-refractivity contribution in [1.82, 2.24) is 24.4 Å². The molecule has 23 heavy (non-hydrogen) atoms. The van der Waals surface area contributed by atoms with Crippen molar-refractivity contribution in [3.8, 4) is 0 Å². The minimum absolute atomic E-state index is 0.491. The van der Waals surface area contributed by atoms with Crippen LogP contribution in [0.15, 0.2) is 24.8 Å². The van der Waals surface area contributed by atoms with E-state index in [0.717, 1.165) is 63.0 Å². The number of nitrogens with one attached hydrogen (secondary N) is 1. The van der Waals surface area contributed by atoms with Gasteiger partial charge in [-0.05, 0) is 18.9 Å². The van der Waals surface area contributed by atoms with Gasteiger partial charge in [-0.1, -0.05) is 0 Å². The minimum atomic E-state index is 0.491. The molecule has 1 N–H and O–H groups in total. The Hall–Kier alpha value is -1.99. The van der Waals surface area contributed by atoms with E-state index in [0.29, 0.717) is 12.6 Å². The van der Waals surface area contributed by atoms with Crippen molar-refractivity contribution >= 4 is 5.82 Å². The summed E-state index contributed by atoms with van der Waals surface area (Å²) in [5.41, 5.74) is 1.16. The number of aromatic nitrogens is 4. The Morgan fingerprint density at radius 3 is 2.96 bits per heavy atom. The van der Waals surface area contributed by atoms with E-state index in [9.17, 15) is 0 Å². The number of hydrogen-bond acceptors (Lipinski definition) is 6. The number of piperidine rings is 1. The van der Waals surface area contributed by atoms with Crippen molar-refractivity contribution in [1.29, 1.82) is 0 Å². The van der Waals surface area contributed by atoms with Crippen LogP contribution in [0.5, 0.6) is 0 Å². The van der Waals surface area contributed by atoms with Crippen LogP contribution in [-0.2, 0) is 24.4 Å². The van der Waals surface area contributed by atoms with E-state index in [1.165, 1.54) is 0 Å². The molecule has 0 unspecified atom stereocenters. The number of likely N-dealkylation sites (tertiary alicyclic amines) is 1. The van der Waals surface area contributed by atoms with Crippen LogP contribution in [0.3, 0.4) is 0 Å². The highest BCUT2D eigenvalue weighted by molar-refractivity contribution is 5.33. The van der Waals surface area contributed by atoms with Crippen LogP contribution in [0.25, 0.3) is 0 Å². The Kier molecular flexibility index (Phi) is 4.21. The van der Waals surface area contributed by atoms with Gasteiger partial charge in [0, 0.05) is 44.6 Å². The lowest BCUT2D eigenvalue weighted by Crippen LogP contribution is -2.38. The lowest BCUT2D eigenvalue weighted by atomic mass is 10.0. The average molecular weight is 314 g/mol. The maximum absolute atomic E-state index is 5.45. The lowest BCUT2D eigenvalue weighted by Gasteiger charge is -2.32. The van der Waals surface area contributed by atoms with Gasteiger partial charge in [-0.25, -0.2) is 15.0 Å². The molecule has 2 aliphatic heterocycles. The van der Waals surface area contributed by atoms with Crippen LogP contribution in [0.4, 0.5) is 5.82 Å². The number of fused-ring (bicyclic) bond motifs is 1. The highest BCUT2D eigenvalue weighted by atomic mass is 16.5. The van der Waals surface area contributed by atoms with Crippen molar-refractivity contribution in [2.24, 2.45) is 0 Å². The third-order valence-corrected chi connectivity index (χ3v) is 4.52. The standard InChI is InChI=1S/C16H22N6O/c1-4-17-12-18-15(1)19-13-2-5-21(6-3-13)9-14-10-22-7-8-23-11-16(22)20-14/h1,4,10,12-13H,2-3,5-9,11H2,(H,17,18,19). The summed E-state index contributed by atoms with van der Waals surface area (Å²) in [6, 6.07) is 2.41. The van der Waals surface area contributed by atoms with Crippen LogP contribution in [0, 0.1) is 0 Å². The molecule has 0 saturated carbocycles. The number of hydrogen-bond donors (Lipinski definition) is 1. The van der Waals surface area contributed by atoms with Crippen LogP contribution < -0.4 is 5.32 Å². The quantitative estimate of drug-likeness (QED) is 0.917. The van der Waals surface area contributed by atoms with E-state index in [1.807, 2.05) is 6.07 Å². The maximum atomic E-state index is 5.45. The van der Waals surface area contributed by atoms with Gasteiger partial charge < -0.3 is 14.6 Å². The summed E-state index contributed by atoms with van der Waals surface area (Å²) < 4.78 is 7.68. The second-order valence-corrected chi connectivity index (χ2v) is 6.18. The third-order valence-electron chi connectivity index (χ3n) is 4.52. The van der Waals surface area contributed by atoms with E-state index in [2.05, 4.69) is 30.9 Å². The third kappa shape index (κ3) is 3.51. The van der Waals surface area contributed by atoms with Crippen molar-refractivity contribution in [2.75, 3.05) is 25.0 Å². The number of imidazole rings is 1. The zero-order valence-electron chi connectivity index (χ0n) is 13.2. The summed E-state index contributed by atoms with van der Waals surface area (Å²) in [6.07, 6.45) is 7.79. The molecular weight excluding hydrogens is 292 g/mol. The fourth-order valence-corrected chi connectivity index (χ4v) is 3.27. The van der Waals surface area contributed by atoms with Gasteiger partial charge in [-0.2, -0.15) is 0 Å². The summed E-state index contributed by atoms with van der Waals surface area (Å²) in [4.78, 5) is 15.4. The van der Waals surface area contributed by atoms with Gasteiger partial charge >= 0.3 is 0 Å². The van der Waals surface area contributed by atoms with Gasteiger partial charge in [-0.3, -0.25) is 4.90 Å². The van der Waals surface area contributed by atoms with Crippen molar-refractivity contribution in [2.45, 2.75) is 38.6 Å². The van der Waals surface area contributed by atoms with E-state index >= 15 is 0 Å². The molecule has 0 atom stereocenters. The molecule has 4 heterocycles. The molecule has 2 aromatic heterocycles. The zero-order valence-corrected chi connectivity index (χ0v) is 13.2. The summed E-state index contributed by atoms with van der Waals surface area (Å²) in [5, 5.41) is 3.49. The first kappa shape index (κ1) is 14.6. The van der Waals surface area contributed by atoms with Gasteiger partial charge in [0.05, 0.1) is 12.3 Å². The molecule has 0 aliphatic carbocycles. The molecule has 0 amide bonds. The van der Waals surface area contributed by atoms with E-state index in [-0.39, 0.29) is 0 Å². The molecule has 0 bridgehead atoms. The molecule has 1 fully saturated rings. The molecule has 0 radical (unpaired) electrons. The van der Waals surface area contributed by atoms with Gasteiger partial charge in [0.15, 0.2) is 0 Å². The lowest BCUT2D eigenvalue weighted by molar-refractivity contribution is 0.0816.